The first kappa shape index (κ1) is 15.1. The van der Waals surface area contributed by atoms with Gasteiger partial charge in [-0.2, -0.15) is 5.10 Å². The Morgan fingerprint density at radius 1 is 1.32 bits per heavy atom. The molecule has 1 aromatic heterocycles. The van der Waals surface area contributed by atoms with E-state index >= 15 is 0 Å². The standard InChI is InChI=1S/C18H25N3O/c1-12(2)16-8-7-13(3)9-10-21(16)18(22)15-6-4-5-14-11-19-20-17(14)15/h4-6,11-13,16H,7-10H2,1-3H3,(H,19,20). The van der Waals surface area contributed by atoms with Gasteiger partial charge in [0.15, 0.2) is 0 Å². The van der Waals surface area contributed by atoms with Crippen LogP contribution in [0.5, 0.6) is 0 Å². The molecule has 4 heteroatoms. The maximum absolute atomic E-state index is 13.2. The molecule has 0 bridgehead atoms. The number of carbonyl (C=O) groups excluding carboxylic acids is 1. The Balaban J connectivity index is 1.96. The van der Waals surface area contributed by atoms with E-state index in [9.17, 15) is 4.79 Å². The third kappa shape index (κ3) is 2.74. The summed E-state index contributed by atoms with van der Waals surface area (Å²) in [5.74, 6) is 1.32. The van der Waals surface area contributed by atoms with Crippen molar-refractivity contribution in [3.05, 3.63) is 30.0 Å². The summed E-state index contributed by atoms with van der Waals surface area (Å²) in [4.78, 5) is 15.3. The van der Waals surface area contributed by atoms with Gasteiger partial charge < -0.3 is 4.90 Å². The summed E-state index contributed by atoms with van der Waals surface area (Å²) < 4.78 is 0. The second kappa shape index (κ2) is 6.11. The number of aromatic nitrogens is 2. The number of rotatable bonds is 2. The molecule has 1 fully saturated rings. The minimum Gasteiger partial charge on any atom is -0.335 e. The molecule has 0 saturated carbocycles. The summed E-state index contributed by atoms with van der Waals surface area (Å²) in [6, 6.07) is 6.17. The van der Waals surface area contributed by atoms with Gasteiger partial charge in [-0.05, 0) is 37.2 Å². The van der Waals surface area contributed by atoms with Crippen molar-refractivity contribution in [3.8, 4) is 0 Å². The number of benzene rings is 1. The Hall–Kier alpha value is -1.84. The van der Waals surface area contributed by atoms with Crippen LogP contribution in [-0.2, 0) is 0 Å². The summed E-state index contributed by atoms with van der Waals surface area (Å²) in [5.41, 5.74) is 1.60. The van der Waals surface area contributed by atoms with Crippen LogP contribution in [0.15, 0.2) is 24.4 Å². The summed E-state index contributed by atoms with van der Waals surface area (Å²) in [6.45, 7) is 7.59. The van der Waals surface area contributed by atoms with Crippen molar-refractivity contribution in [2.75, 3.05) is 6.54 Å². The first-order valence-electron chi connectivity index (χ1n) is 8.31. The Kier molecular flexibility index (Phi) is 4.19. The van der Waals surface area contributed by atoms with E-state index in [2.05, 4.69) is 35.9 Å². The highest BCUT2D eigenvalue weighted by Crippen LogP contribution is 2.28. The molecule has 1 saturated heterocycles. The smallest absolute Gasteiger partial charge is 0.256 e. The highest BCUT2D eigenvalue weighted by Gasteiger charge is 2.30. The molecule has 2 heterocycles. The highest BCUT2D eigenvalue weighted by molar-refractivity contribution is 6.05. The number of para-hydroxylation sites is 1. The average Bonchev–Trinajstić information content (AvgIpc) is 2.89. The van der Waals surface area contributed by atoms with Gasteiger partial charge >= 0.3 is 0 Å². The van der Waals surface area contributed by atoms with Gasteiger partial charge in [-0.1, -0.05) is 32.9 Å². The van der Waals surface area contributed by atoms with Gasteiger partial charge in [0.05, 0.1) is 17.3 Å². The van der Waals surface area contributed by atoms with Gasteiger partial charge in [-0.25, -0.2) is 0 Å². The van der Waals surface area contributed by atoms with Crippen molar-refractivity contribution in [3.63, 3.8) is 0 Å². The first-order valence-corrected chi connectivity index (χ1v) is 8.31. The third-order valence-corrected chi connectivity index (χ3v) is 4.96. The lowest BCUT2D eigenvalue weighted by molar-refractivity contribution is 0.0633. The molecule has 2 unspecified atom stereocenters. The third-order valence-electron chi connectivity index (χ3n) is 4.96. The van der Waals surface area contributed by atoms with E-state index in [-0.39, 0.29) is 5.91 Å². The molecule has 1 aliphatic heterocycles. The Morgan fingerprint density at radius 3 is 2.91 bits per heavy atom. The van der Waals surface area contributed by atoms with Gasteiger partial charge in [0.2, 0.25) is 0 Å². The van der Waals surface area contributed by atoms with E-state index in [1.807, 2.05) is 18.2 Å². The molecule has 1 aliphatic rings. The number of nitrogens with zero attached hydrogens (tertiary/aromatic N) is 2. The Bertz CT molecular complexity index is 661. The van der Waals surface area contributed by atoms with Crippen molar-refractivity contribution in [1.82, 2.24) is 15.1 Å². The van der Waals surface area contributed by atoms with Crippen LogP contribution in [0.1, 0.15) is 50.4 Å². The van der Waals surface area contributed by atoms with Crippen LogP contribution in [0.2, 0.25) is 0 Å². The van der Waals surface area contributed by atoms with Crippen molar-refractivity contribution >= 4 is 16.8 Å². The SMILES string of the molecule is CC1CCC(C(C)C)N(C(=O)c2cccc3cn[nH]c23)CC1. The fourth-order valence-corrected chi connectivity index (χ4v) is 3.53. The number of aromatic amines is 1. The van der Waals surface area contributed by atoms with E-state index in [0.29, 0.717) is 17.9 Å². The minimum absolute atomic E-state index is 0.141. The normalized spacial score (nSPS) is 23.0. The molecule has 0 spiro atoms. The monoisotopic (exact) mass is 299 g/mol. The van der Waals surface area contributed by atoms with Gasteiger partial charge in [-0.3, -0.25) is 9.89 Å². The number of fused-ring (bicyclic) bond motifs is 1. The van der Waals surface area contributed by atoms with Crippen LogP contribution in [0.25, 0.3) is 10.9 Å². The summed E-state index contributed by atoms with van der Waals surface area (Å²) in [5, 5.41) is 8.05. The molecular weight excluding hydrogens is 274 g/mol. The first-order chi connectivity index (χ1) is 10.6. The van der Waals surface area contributed by atoms with Crippen LogP contribution in [0.4, 0.5) is 0 Å². The maximum atomic E-state index is 13.2. The molecule has 4 nitrogen and oxygen atoms in total. The minimum atomic E-state index is 0.141. The number of hydrogen-bond acceptors (Lipinski definition) is 2. The van der Waals surface area contributed by atoms with Crippen LogP contribution in [-0.4, -0.2) is 33.6 Å². The summed E-state index contributed by atoms with van der Waals surface area (Å²) in [7, 11) is 0. The molecule has 3 rings (SSSR count). The number of H-pyrrole nitrogens is 1. The van der Waals surface area contributed by atoms with Crippen molar-refractivity contribution in [1.29, 1.82) is 0 Å². The van der Waals surface area contributed by atoms with Gasteiger partial charge in [-0.15, -0.1) is 0 Å². The molecule has 2 atom stereocenters. The second-order valence-corrected chi connectivity index (χ2v) is 6.92. The van der Waals surface area contributed by atoms with Gasteiger partial charge in [0, 0.05) is 18.0 Å². The zero-order valence-corrected chi connectivity index (χ0v) is 13.7. The van der Waals surface area contributed by atoms with E-state index < -0.39 is 0 Å². The van der Waals surface area contributed by atoms with Crippen molar-refractivity contribution < 1.29 is 4.79 Å². The van der Waals surface area contributed by atoms with Crippen molar-refractivity contribution in [2.24, 2.45) is 11.8 Å². The average molecular weight is 299 g/mol. The predicted octanol–water partition coefficient (Wildman–Crippen LogP) is 3.85. The van der Waals surface area contributed by atoms with Crippen LogP contribution in [0, 0.1) is 11.8 Å². The van der Waals surface area contributed by atoms with E-state index in [1.165, 1.54) is 6.42 Å². The lowest BCUT2D eigenvalue weighted by Crippen LogP contribution is -2.43. The molecule has 1 N–H and O–H groups in total. The highest BCUT2D eigenvalue weighted by atomic mass is 16.2. The van der Waals surface area contributed by atoms with Crippen LogP contribution < -0.4 is 0 Å². The molecule has 0 radical (unpaired) electrons. The predicted molar refractivity (Wildman–Crippen MR) is 88.8 cm³/mol. The fraction of sp³-hybridized carbons (Fsp3) is 0.556. The largest absolute Gasteiger partial charge is 0.335 e. The number of carbonyl (C=O) groups is 1. The zero-order valence-electron chi connectivity index (χ0n) is 13.7. The molecule has 22 heavy (non-hydrogen) atoms. The molecule has 2 aromatic rings. The zero-order chi connectivity index (χ0) is 15.7. The topological polar surface area (TPSA) is 49.0 Å². The molecule has 118 valence electrons. The Labute approximate surface area is 131 Å². The molecule has 1 aromatic carbocycles. The number of likely N-dealkylation sites (tertiary alicyclic amines) is 1. The summed E-state index contributed by atoms with van der Waals surface area (Å²) in [6.07, 6.45) is 5.18. The molecular formula is C18H25N3O. The van der Waals surface area contributed by atoms with Crippen molar-refractivity contribution in [2.45, 2.75) is 46.1 Å². The summed E-state index contributed by atoms with van der Waals surface area (Å²) >= 11 is 0. The van der Waals surface area contributed by atoms with Gasteiger partial charge in [0.25, 0.3) is 5.91 Å². The quantitative estimate of drug-likeness (QED) is 0.915. The van der Waals surface area contributed by atoms with Gasteiger partial charge in [0.1, 0.15) is 0 Å². The molecule has 1 amide bonds. The lowest BCUT2D eigenvalue weighted by Gasteiger charge is -2.33. The van der Waals surface area contributed by atoms with Crippen LogP contribution in [0.3, 0.4) is 0 Å². The van der Waals surface area contributed by atoms with E-state index in [0.717, 1.165) is 35.9 Å². The molecule has 0 aliphatic carbocycles. The number of amides is 1. The lowest BCUT2D eigenvalue weighted by atomic mass is 9.95. The number of nitrogens with one attached hydrogen (secondary N) is 1. The van der Waals surface area contributed by atoms with Crippen LogP contribution >= 0.6 is 0 Å². The second-order valence-electron chi connectivity index (χ2n) is 6.92. The van der Waals surface area contributed by atoms with E-state index in [4.69, 9.17) is 0 Å². The fourth-order valence-electron chi connectivity index (χ4n) is 3.53. The Morgan fingerprint density at radius 2 is 2.14 bits per heavy atom. The van der Waals surface area contributed by atoms with E-state index in [1.54, 1.807) is 6.20 Å². The maximum Gasteiger partial charge on any atom is 0.256 e. The number of hydrogen-bond donors (Lipinski definition) is 1.